The molecule has 0 unspecified atom stereocenters. The molecule has 0 fully saturated rings. The summed E-state index contributed by atoms with van der Waals surface area (Å²) in [6.07, 6.45) is 0. The molecule has 0 saturated heterocycles. The quantitative estimate of drug-likeness (QED) is 0.692. The van der Waals surface area contributed by atoms with Crippen LogP contribution in [0.2, 0.25) is 0 Å². The topological polar surface area (TPSA) is 55.8 Å². The minimum absolute atomic E-state index is 0.0192. The summed E-state index contributed by atoms with van der Waals surface area (Å²) in [5, 5.41) is 9.50. The number of phenols is 1. The second-order valence-corrected chi connectivity index (χ2v) is 4.75. The van der Waals surface area contributed by atoms with Crippen molar-refractivity contribution in [2.75, 3.05) is 7.11 Å². The van der Waals surface area contributed by atoms with E-state index < -0.39 is 5.97 Å². The van der Waals surface area contributed by atoms with Gasteiger partial charge in [-0.15, -0.1) is 0 Å². The van der Waals surface area contributed by atoms with Crippen molar-refractivity contribution in [1.82, 2.24) is 0 Å². The van der Waals surface area contributed by atoms with Gasteiger partial charge in [0.15, 0.2) is 0 Å². The summed E-state index contributed by atoms with van der Waals surface area (Å²) < 4.78 is 11.2. The normalized spacial score (nSPS) is 10.0. The third-order valence-corrected chi connectivity index (χ3v) is 3.23. The monoisotopic (exact) mass is 318 g/mol. The Morgan fingerprint density at radius 3 is 2.58 bits per heavy atom. The standard InChI is InChI=1S/C14H11AsO4/c1-18-14(17)10-7-6-9(16)8-13(10)19-12-5-3-2-4-11(12)15/h2-8,16H,1H3. The Hall–Kier alpha value is -1.93. The van der Waals surface area contributed by atoms with Gasteiger partial charge in [0.2, 0.25) is 0 Å². The number of carbonyl (C=O) groups is 1. The Morgan fingerprint density at radius 2 is 1.89 bits per heavy atom. The van der Waals surface area contributed by atoms with Crippen molar-refractivity contribution in [2.45, 2.75) is 0 Å². The van der Waals surface area contributed by atoms with E-state index in [1.165, 1.54) is 25.3 Å². The zero-order valence-electron chi connectivity index (χ0n) is 10.2. The van der Waals surface area contributed by atoms with Crippen LogP contribution in [0.15, 0.2) is 42.5 Å². The summed E-state index contributed by atoms with van der Waals surface area (Å²) in [5.41, 5.74) is 0.260. The fraction of sp³-hybridized carbons (Fsp3) is 0.0714. The van der Waals surface area contributed by atoms with Crippen LogP contribution in [0.5, 0.6) is 17.2 Å². The first-order valence-electron chi connectivity index (χ1n) is 5.49. The average Bonchev–Trinajstić information content (AvgIpc) is 2.41. The molecular weight excluding hydrogens is 307 g/mol. The maximum atomic E-state index is 11.6. The fourth-order valence-corrected chi connectivity index (χ4v) is 1.97. The van der Waals surface area contributed by atoms with Crippen LogP contribution in [0.1, 0.15) is 10.4 Å². The van der Waals surface area contributed by atoms with Gasteiger partial charge in [0.05, 0.1) is 0 Å². The number of para-hydroxylation sites is 1. The Kier molecular flexibility index (Phi) is 4.12. The molecule has 0 amide bonds. The van der Waals surface area contributed by atoms with Crippen LogP contribution in [0.25, 0.3) is 0 Å². The van der Waals surface area contributed by atoms with Gasteiger partial charge in [-0.2, -0.15) is 0 Å². The molecule has 2 aromatic carbocycles. The van der Waals surface area contributed by atoms with Crippen LogP contribution in [0.3, 0.4) is 0 Å². The number of phenolic OH excluding ortho intramolecular Hbond substituents is 1. The second-order valence-electron chi connectivity index (χ2n) is 3.74. The Morgan fingerprint density at radius 1 is 1.16 bits per heavy atom. The van der Waals surface area contributed by atoms with E-state index in [1.54, 1.807) is 6.07 Å². The van der Waals surface area contributed by atoms with E-state index in [-0.39, 0.29) is 17.1 Å². The molecule has 0 aliphatic heterocycles. The van der Waals surface area contributed by atoms with E-state index in [0.717, 1.165) is 4.35 Å². The van der Waals surface area contributed by atoms with Gasteiger partial charge in [-0.3, -0.25) is 0 Å². The number of ether oxygens (including phenoxy) is 2. The molecule has 1 N–H and O–H groups in total. The molecule has 96 valence electrons. The van der Waals surface area contributed by atoms with Crippen LogP contribution >= 0.6 is 0 Å². The summed E-state index contributed by atoms with van der Waals surface area (Å²) in [4.78, 5) is 11.6. The van der Waals surface area contributed by atoms with E-state index in [2.05, 4.69) is 21.6 Å². The molecule has 0 heterocycles. The van der Waals surface area contributed by atoms with Gasteiger partial charge in [-0.25, -0.2) is 0 Å². The Bertz CT molecular complexity index is 610. The number of esters is 1. The molecular formula is C14H11AsO4. The summed E-state index contributed by atoms with van der Waals surface area (Å²) in [5.74, 6) is 0.354. The molecule has 0 atom stereocenters. The molecule has 2 aromatic rings. The number of hydrogen-bond donors (Lipinski definition) is 1. The van der Waals surface area contributed by atoms with Gasteiger partial charge in [0, 0.05) is 0 Å². The van der Waals surface area contributed by atoms with Crippen LogP contribution < -0.4 is 9.09 Å². The third kappa shape index (κ3) is 3.09. The first kappa shape index (κ1) is 13.5. The van der Waals surface area contributed by atoms with Gasteiger partial charge in [0.25, 0.3) is 0 Å². The van der Waals surface area contributed by atoms with E-state index in [1.807, 2.05) is 18.2 Å². The zero-order chi connectivity index (χ0) is 13.8. The molecule has 5 heteroatoms. The average molecular weight is 318 g/mol. The zero-order valence-corrected chi connectivity index (χ0v) is 12.0. The molecule has 0 aliphatic rings. The third-order valence-electron chi connectivity index (χ3n) is 2.46. The van der Waals surface area contributed by atoms with Crippen molar-refractivity contribution in [2.24, 2.45) is 0 Å². The van der Waals surface area contributed by atoms with Crippen molar-refractivity contribution in [1.29, 1.82) is 0 Å². The number of methoxy groups -OCH3 is 1. The predicted molar refractivity (Wildman–Crippen MR) is 71.4 cm³/mol. The van der Waals surface area contributed by atoms with Crippen molar-refractivity contribution in [3.8, 4) is 17.2 Å². The molecule has 0 saturated carbocycles. The molecule has 0 aliphatic carbocycles. The maximum absolute atomic E-state index is 11.6. The molecule has 0 bridgehead atoms. The predicted octanol–water partition coefficient (Wildman–Crippen LogP) is 1.76. The Labute approximate surface area is 119 Å². The number of benzene rings is 2. The van der Waals surface area contributed by atoms with E-state index >= 15 is 0 Å². The molecule has 4 nitrogen and oxygen atoms in total. The minimum atomic E-state index is -0.516. The SMILES string of the molecule is COC(=O)c1ccc(O)cc1Oc1ccccc1[As]. The van der Waals surface area contributed by atoms with Crippen LogP contribution in [-0.4, -0.2) is 35.0 Å². The number of hydrogen-bond acceptors (Lipinski definition) is 4. The van der Waals surface area contributed by atoms with Gasteiger partial charge >= 0.3 is 119 Å². The van der Waals surface area contributed by atoms with E-state index in [0.29, 0.717) is 5.75 Å². The van der Waals surface area contributed by atoms with Gasteiger partial charge in [-0.1, -0.05) is 0 Å². The first-order chi connectivity index (χ1) is 9.11. The summed E-state index contributed by atoms with van der Waals surface area (Å²) in [7, 11) is 1.30. The van der Waals surface area contributed by atoms with Crippen molar-refractivity contribution < 1.29 is 19.4 Å². The Balaban J connectivity index is 2.41. The van der Waals surface area contributed by atoms with Crippen LogP contribution in [-0.2, 0) is 4.74 Å². The van der Waals surface area contributed by atoms with E-state index in [4.69, 9.17) is 4.74 Å². The summed E-state index contributed by atoms with van der Waals surface area (Å²) >= 11 is 2.38. The van der Waals surface area contributed by atoms with E-state index in [9.17, 15) is 9.90 Å². The van der Waals surface area contributed by atoms with Gasteiger partial charge < -0.3 is 0 Å². The van der Waals surface area contributed by atoms with Crippen LogP contribution in [0, 0.1) is 0 Å². The summed E-state index contributed by atoms with van der Waals surface area (Å²) in [6.45, 7) is 0. The molecule has 0 spiro atoms. The molecule has 2 rings (SSSR count). The molecule has 0 aromatic heterocycles. The van der Waals surface area contributed by atoms with Crippen molar-refractivity contribution >= 4 is 27.2 Å². The van der Waals surface area contributed by atoms with Gasteiger partial charge in [-0.05, 0) is 0 Å². The molecule has 2 radical (unpaired) electrons. The van der Waals surface area contributed by atoms with Crippen molar-refractivity contribution in [3.05, 3.63) is 48.0 Å². The molecule has 19 heavy (non-hydrogen) atoms. The number of rotatable bonds is 3. The van der Waals surface area contributed by atoms with Crippen LogP contribution in [0.4, 0.5) is 0 Å². The first-order valence-corrected chi connectivity index (χ1v) is 6.43. The fourth-order valence-electron chi connectivity index (χ4n) is 1.54. The number of carbonyl (C=O) groups excluding carboxylic acids is 1. The second kappa shape index (κ2) is 5.81. The number of aromatic hydroxyl groups is 1. The van der Waals surface area contributed by atoms with Gasteiger partial charge in [0.1, 0.15) is 0 Å². The van der Waals surface area contributed by atoms with Crippen molar-refractivity contribution in [3.63, 3.8) is 0 Å². The summed E-state index contributed by atoms with van der Waals surface area (Å²) in [6, 6.07) is 11.6.